The maximum Gasteiger partial charge on any atom is 0.389 e. The Kier molecular flexibility index (Phi) is 6.12. The summed E-state index contributed by atoms with van der Waals surface area (Å²) in [6.45, 7) is 10.6. The Morgan fingerprint density at radius 2 is 1.79 bits per heavy atom. The molecule has 0 aromatic rings. The molecule has 1 rings (SSSR count). The molecule has 114 valence electrons. The fourth-order valence-electron chi connectivity index (χ4n) is 2.69. The van der Waals surface area contributed by atoms with Crippen molar-refractivity contribution >= 4 is 0 Å². The number of hydrogen-bond acceptors (Lipinski definition) is 2. The molecule has 19 heavy (non-hydrogen) atoms. The van der Waals surface area contributed by atoms with Crippen LogP contribution in [0.15, 0.2) is 0 Å². The largest absolute Gasteiger partial charge is 0.389 e. The van der Waals surface area contributed by atoms with E-state index >= 15 is 0 Å². The summed E-state index contributed by atoms with van der Waals surface area (Å²) in [6.07, 6.45) is -4.07. The van der Waals surface area contributed by atoms with Crippen LogP contribution in [-0.2, 0) is 0 Å². The van der Waals surface area contributed by atoms with Crippen LogP contribution in [0.25, 0.3) is 0 Å². The normalized spacial score (nSPS) is 26.4. The minimum absolute atomic E-state index is 0.186. The Morgan fingerprint density at radius 1 is 1.16 bits per heavy atom. The molecule has 1 heterocycles. The standard InChI is InChI=1S/C14H27F3N2/c1-10(2)7-18-13-5-12(6-14(15,16)17)8-19(9-13)11(3)4/h10-13,18H,5-9H2,1-4H3. The van der Waals surface area contributed by atoms with Crippen molar-refractivity contribution in [2.75, 3.05) is 19.6 Å². The van der Waals surface area contributed by atoms with Crippen LogP contribution in [0.4, 0.5) is 13.2 Å². The van der Waals surface area contributed by atoms with E-state index in [1.165, 1.54) is 0 Å². The minimum Gasteiger partial charge on any atom is -0.312 e. The first-order valence-corrected chi connectivity index (χ1v) is 7.21. The van der Waals surface area contributed by atoms with E-state index in [9.17, 15) is 13.2 Å². The molecular formula is C14H27F3N2. The molecule has 0 aromatic heterocycles. The molecule has 1 aliphatic heterocycles. The minimum atomic E-state index is -4.05. The Labute approximate surface area is 114 Å². The molecule has 2 nitrogen and oxygen atoms in total. The highest BCUT2D eigenvalue weighted by molar-refractivity contribution is 4.86. The van der Waals surface area contributed by atoms with E-state index in [1.54, 1.807) is 0 Å². The molecule has 1 aliphatic rings. The highest BCUT2D eigenvalue weighted by Crippen LogP contribution is 2.30. The smallest absolute Gasteiger partial charge is 0.312 e. The summed E-state index contributed by atoms with van der Waals surface area (Å²) in [5, 5.41) is 3.41. The first-order chi connectivity index (χ1) is 8.67. The summed E-state index contributed by atoms with van der Waals surface area (Å²) >= 11 is 0. The molecule has 0 aliphatic carbocycles. The maximum atomic E-state index is 12.6. The fourth-order valence-corrected chi connectivity index (χ4v) is 2.69. The number of likely N-dealkylation sites (tertiary alicyclic amines) is 1. The summed E-state index contributed by atoms with van der Waals surface area (Å²) < 4.78 is 37.7. The van der Waals surface area contributed by atoms with Gasteiger partial charge in [0.2, 0.25) is 0 Å². The van der Waals surface area contributed by atoms with E-state index in [0.29, 0.717) is 24.9 Å². The lowest BCUT2D eigenvalue weighted by Crippen LogP contribution is -2.52. The van der Waals surface area contributed by atoms with Gasteiger partial charge in [0.25, 0.3) is 0 Å². The predicted molar refractivity (Wildman–Crippen MR) is 72.1 cm³/mol. The summed E-state index contributed by atoms with van der Waals surface area (Å²) in [4.78, 5) is 2.16. The number of piperidine rings is 1. The lowest BCUT2D eigenvalue weighted by atomic mass is 9.90. The van der Waals surface area contributed by atoms with Gasteiger partial charge in [0.15, 0.2) is 0 Å². The molecule has 0 saturated carbocycles. The first-order valence-electron chi connectivity index (χ1n) is 7.21. The lowest BCUT2D eigenvalue weighted by molar-refractivity contribution is -0.149. The zero-order valence-corrected chi connectivity index (χ0v) is 12.4. The van der Waals surface area contributed by atoms with Crippen LogP contribution in [0.1, 0.15) is 40.5 Å². The number of nitrogens with zero attached hydrogens (tertiary/aromatic N) is 1. The van der Waals surface area contributed by atoms with Gasteiger partial charge in [-0.05, 0) is 38.6 Å². The summed E-state index contributed by atoms with van der Waals surface area (Å²) in [5.74, 6) is 0.247. The van der Waals surface area contributed by atoms with Crippen molar-refractivity contribution in [3.05, 3.63) is 0 Å². The third kappa shape index (κ3) is 6.61. The second kappa shape index (κ2) is 6.93. The highest BCUT2D eigenvalue weighted by Gasteiger charge is 2.36. The summed E-state index contributed by atoms with van der Waals surface area (Å²) in [7, 11) is 0. The topological polar surface area (TPSA) is 15.3 Å². The zero-order chi connectivity index (χ0) is 14.6. The number of rotatable bonds is 5. The van der Waals surface area contributed by atoms with Crippen molar-refractivity contribution in [2.45, 2.75) is 58.8 Å². The Bertz CT molecular complexity index is 264. The third-order valence-corrected chi connectivity index (χ3v) is 3.63. The van der Waals surface area contributed by atoms with Gasteiger partial charge in [0.1, 0.15) is 0 Å². The molecule has 0 aromatic carbocycles. The van der Waals surface area contributed by atoms with Crippen molar-refractivity contribution in [1.82, 2.24) is 10.2 Å². The number of alkyl halides is 3. The van der Waals surface area contributed by atoms with Crippen LogP contribution in [0.2, 0.25) is 0 Å². The molecule has 1 fully saturated rings. The highest BCUT2D eigenvalue weighted by atomic mass is 19.4. The van der Waals surface area contributed by atoms with Gasteiger partial charge in [0, 0.05) is 31.6 Å². The average molecular weight is 280 g/mol. The molecule has 5 heteroatoms. The second-order valence-electron chi connectivity index (χ2n) is 6.47. The van der Waals surface area contributed by atoms with Gasteiger partial charge in [-0.1, -0.05) is 13.8 Å². The SMILES string of the molecule is CC(C)CNC1CC(CC(F)(F)F)CN(C(C)C)C1. The van der Waals surface area contributed by atoms with E-state index in [2.05, 4.69) is 37.9 Å². The van der Waals surface area contributed by atoms with Gasteiger partial charge < -0.3 is 5.32 Å². The van der Waals surface area contributed by atoms with Crippen LogP contribution >= 0.6 is 0 Å². The van der Waals surface area contributed by atoms with Crippen molar-refractivity contribution in [3.8, 4) is 0 Å². The monoisotopic (exact) mass is 280 g/mol. The van der Waals surface area contributed by atoms with Gasteiger partial charge in [-0.15, -0.1) is 0 Å². The van der Waals surface area contributed by atoms with Gasteiger partial charge >= 0.3 is 6.18 Å². The number of nitrogens with one attached hydrogen (secondary N) is 1. The van der Waals surface area contributed by atoms with Gasteiger partial charge in [0.05, 0.1) is 0 Å². The van der Waals surface area contributed by atoms with Crippen LogP contribution < -0.4 is 5.32 Å². The van der Waals surface area contributed by atoms with Crippen molar-refractivity contribution in [2.24, 2.45) is 11.8 Å². The Balaban J connectivity index is 2.57. The average Bonchev–Trinajstić information content (AvgIpc) is 2.23. The predicted octanol–water partition coefficient (Wildman–Crippen LogP) is 3.28. The molecule has 0 radical (unpaired) electrons. The third-order valence-electron chi connectivity index (χ3n) is 3.63. The number of halogens is 3. The van der Waals surface area contributed by atoms with E-state index in [1.807, 2.05) is 0 Å². The fraction of sp³-hybridized carbons (Fsp3) is 1.00. The van der Waals surface area contributed by atoms with Crippen LogP contribution in [0.3, 0.4) is 0 Å². The summed E-state index contributed by atoms with van der Waals surface area (Å²) in [5.41, 5.74) is 0. The summed E-state index contributed by atoms with van der Waals surface area (Å²) in [6, 6.07) is 0.491. The molecule has 1 N–H and O–H groups in total. The molecule has 2 atom stereocenters. The van der Waals surface area contributed by atoms with Gasteiger partial charge in [-0.2, -0.15) is 13.2 Å². The first kappa shape index (κ1) is 16.8. The quantitative estimate of drug-likeness (QED) is 0.831. The van der Waals surface area contributed by atoms with Crippen molar-refractivity contribution < 1.29 is 13.2 Å². The Morgan fingerprint density at radius 3 is 2.26 bits per heavy atom. The number of hydrogen-bond donors (Lipinski definition) is 1. The lowest BCUT2D eigenvalue weighted by Gasteiger charge is -2.40. The van der Waals surface area contributed by atoms with Gasteiger partial charge in [-0.25, -0.2) is 0 Å². The molecule has 0 spiro atoms. The Hall–Kier alpha value is -0.290. The zero-order valence-electron chi connectivity index (χ0n) is 12.4. The van der Waals surface area contributed by atoms with E-state index in [0.717, 1.165) is 13.1 Å². The molecule has 1 saturated heterocycles. The van der Waals surface area contributed by atoms with E-state index in [-0.39, 0.29) is 12.0 Å². The maximum absolute atomic E-state index is 12.6. The molecular weight excluding hydrogens is 253 g/mol. The van der Waals surface area contributed by atoms with Crippen molar-refractivity contribution in [3.63, 3.8) is 0 Å². The van der Waals surface area contributed by atoms with Crippen LogP contribution in [0.5, 0.6) is 0 Å². The van der Waals surface area contributed by atoms with E-state index < -0.39 is 12.6 Å². The van der Waals surface area contributed by atoms with Crippen LogP contribution in [0, 0.1) is 11.8 Å². The molecule has 2 unspecified atom stereocenters. The van der Waals surface area contributed by atoms with Crippen LogP contribution in [-0.4, -0.2) is 42.8 Å². The molecule has 0 bridgehead atoms. The molecule has 0 amide bonds. The van der Waals surface area contributed by atoms with Crippen molar-refractivity contribution in [1.29, 1.82) is 0 Å². The van der Waals surface area contributed by atoms with E-state index in [4.69, 9.17) is 0 Å². The second-order valence-corrected chi connectivity index (χ2v) is 6.47. The van der Waals surface area contributed by atoms with Gasteiger partial charge in [-0.3, -0.25) is 4.90 Å².